The van der Waals surface area contributed by atoms with E-state index in [0.29, 0.717) is 67.4 Å². The quantitative estimate of drug-likeness (QED) is 0.0137. The van der Waals surface area contributed by atoms with E-state index in [0.717, 1.165) is 95.1 Å². The molecule has 0 saturated heterocycles. The number of rotatable bonds is 11. The second kappa shape index (κ2) is 62.5. The molecule has 12 aromatic carbocycles. The molecule has 5 N–H and O–H groups in total. The van der Waals surface area contributed by atoms with Gasteiger partial charge in [0.05, 0.1) is 12.1 Å². The average molecular weight is 2140 g/mol. The van der Waals surface area contributed by atoms with Gasteiger partial charge in [0, 0.05) is 133 Å². The van der Waals surface area contributed by atoms with Crippen LogP contribution in [0.2, 0.25) is 0 Å². The molecule has 1 heterocycles. The summed E-state index contributed by atoms with van der Waals surface area (Å²) in [6.45, 7) is 3.10. The summed E-state index contributed by atoms with van der Waals surface area (Å²) in [5.74, 6) is 35.5. The topological polar surface area (TPSA) is 263 Å². The monoisotopic (exact) mass is 2130 g/mol. The van der Waals surface area contributed by atoms with Crippen molar-refractivity contribution in [3.8, 4) is 83.0 Å². The van der Waals surface area contributed by atoms with E-state index in [4.69, 9.17) is 37.6 Å². The first-order valence-corrected chi connectivity index (χ1v) is 51.7. The van der Waals surface area contributed by atoms with Crippen molar-refractivity contribution in [2.45, 2.75) is 96.8 Å². The molecule has 13 aromatic rings. The molecule has 0 unspecified atom stereocenters. The number of carbonyl (C=O) groups excluding carboxylic acids is 6. The molecule has 1 aromatic heterocycles. The fraction of sp³-hybridized carbons (Fsp3) is 0.162. The van der Waals surface area contributed by atoms with Gasteiger partial charge < -0.3 is 14.8 Å². The third-order valence-electron chi connectivity index (χ3n) is 20.2. The largest absolute Gasteiger partial charge is 0.478 e. The van der Waals surface area contributed by atoms with Gasteiger partial charge in [-0.1, -0.05) is 192 Å². The number of aromatic carboxylic acids is 1. The van der Waals surface area contributed by atoms with Crippen molar-refractivity contribution in [2.75, 3.05) is 6.54 Å². The van der Waals surface area contributed by atoms with Crippen LogP contribution in [0.4, 0.5) is 26.3 Å². The fourth-order valence-electron chi connectivity index (χ4n) is 13.0. The van der Waals surface area contributed by atoms with Crippen LogP contribution in [0.1, 0.15) is 216 Å². The third kappa shape index (κ3) is 46.6. The zero-order chi connectivity index (χ0) is 103. The van der Waals surface area contributed by atoms with Crippen molar-refractivity contribution in [2.24, 2.45) is 17.7 Å². The second-order valence-corrected chi connectivity index (χ2v) is 41.1. The molecule has 3 aliphatic carbocycles. The second-order valence-electron chi connectivity index (χ2n) is 30.7. The number of aromatic nitrogens is 2. The van der Waals surface area contributed by atoms with E-state index >= 15 is 0 Å². The van der Waals surface area contributed by atoms with E-state index in [9.17, 15) is 64.5 Å². The number of halogens is 13. The van der Waals surface area contributed by atoms with Crippen LogP contribution in [0.25, 0.3) is 11.5 Å². The maximum Gasteiger partial charge on any atom is 0.339 e. The SMILES string of the molecule is C#Cc1cccc(F)c1.CC(=O)c1ccc(Br)cc1.CC(=O)c1ccc(C#Cc2cccc(F)c2)cc1.Fc1cccc(C#Cc2ccc(-c3nnc(C4CCCC4)o3)cc2)c1.NNC(=O)C1CCCC1.O=C(CNC(=O)C1CCCC1)c1ccc(C#Cc2cccc(F)c2)cc1.O=C(Cl)c1ccc(C#Cc2cccc(F)c2)cc1.O=C(O)c1ccc(C#Cc2cccc(F)c2)cc1.O=P(Cl)(Cl)Cl.O=S(Cl)Cl. The van der Waals surface area contributed by atoms with Gasteiger partial charge in [-0.3, -0.25) is 38.8 Å². The molecule has 0 atom stereocenters. The Morgan fingerprint density at radius 3 is 0.993 bits per heavy atom. The van der Waals surface area contributed by atoms with Crippen LogP contribution >= 0.6 is 87.8 Å². The van der Waals surface area contributed by atoms with Gasteiger partial charge in [-0.05, 0) is 316 Å². The Bertz CT molecular complexity index is 6620. The van der Waals surface area contributed by atoms with Gasteiger partial charge in [0.2, 0.25) is 32.8 Å². The summed E-state index contributed by atoms with van der Waals surface area (Å²) in [7, 11) is 7.36. The number of hydrogen-bond acceptors (Lipinski definition) is 13. The van der Waals surface area contributed by atoms with Crippen LogP contribution in [-0.4, -0.2) is 66.4 Å². The van der Waals surface area contributed by atoms with Crippen molar-refractivity contribution in [3.63, 3.8) is 0 Å². The molecule has 3 saturated carbocycles. The van der Waals surface area contributed by atoms with Crippen molar-refractivity contribution in [3.05, 3.63) is 425 Å². The van der Waals surface area contributed by atoms with Gasteiger partial charge in [0.1, 0.15) is 34.9 Å². The number of nitrogens with two attached hydrogens (primary N) is 1. The molecule has 0 bridgehead atoms. The van der Waals surface area contributed by atoms with Crippen LogP contribution in [0, 0.1) is 118 Å². The Morgan fingerprint density at radius 1 is 0.423 bits per heavy atom. The summed E-state index contributed by atoms with van der Waals surface area (Å²) in [5.41, 5.74) is 13.1. The molecule has 0 spiro atoms. The Morgan fingerprint density at radius 2 is 0.697 bits per heavy atom. The number of hydrogen-bond donors (Lipinski definition) is 4. The van der Waals surface area contributed by atoms with E-state index in [1.54, 1.807) is 177 Å². The maximum absolute atomic E-state index is 13.2. The summed E-state index contributed by atoms with van der Waals surface area (Å²) in [5, 5.41) is 16.1. The molecule has 16 nitrogen and oxygen atoms in total. The Kier molecular flexibility index (Phi) is 50.8. The lowest BCUT2D eigenvalue weighted by molar-refractivity contribution is -0.125. The van der Waals surface area contributed by atoms with Gasteiger partial charge in [-0.15, -0.1) is 16.6 Å². The van der Waals surface area contributed by atoms with E-state index in [1.807, 2.05) is 36.4 Å². The fourth-order valence-corrected chi connectivity index (χ4v) is 13.4. The highest BCUT2D eigenvalue weighted by molar-refractivity contribution is 9.10. The first-order valence-electron chi connectivity index (χ1n) is 43.3. The predicted molar refractivity (Wildman–Crippen MR) is 553 cm³/mol. The molecular formula is C111H89BrCl6F6N5O11PS. The lowest BCUT2D eigenvalue weighted by Crippen LogP contribution is -2.34. The maximum atomic E-state index is 13.2. The van der Waals surface area contributed by atoms with Crippen LogP contribution in [0.15, 0.2) is 300 Å². The van der Waals surface area contributed by atoms with Gasteiger partial charge >= 0.3 is 11.2 Å². The van der Waals surface area contributed by atoms with Crippen LogP contribution in [0.3, 0.4) is 0 Å². The number of ketones is 3. The number of terminal acetylenes is 1. The van der Waals surface area contributed by atoms with Crippen molar-refractivity contribution < 1.29 is 78.2 Å². The Hall–Kier alpha value is -13.6. The summed E-state index contributed by atoms with van der Waals surface area (Å²) in [6.07, 6.45) is 18.1. The summed E-state index contributed by atoms with van der Waals surface area (Å²) >= 11 is 22.5. The average Bonchev–Trinajstić information content (AvgIpc) is 1.69. The highest BCUT2D eigenvalue weighted by Gasteiger charge is 2.25. The molecule has 2 amide bonds. The lowest BCUT2D eigenvalue weighted by Gasteiger charge is -2.09. The van der Waals surface area contributed by atoms with Gasteiger partial charge in [-0.2, -0.15) is 0 Å². The number of hydrazine groups is 1. The zero-order valence-corrected chi connectivity index (χ0v) is 83.8. The summed E-state index contributed by atoms with van der Waals surface area (Å²) in [4.78, 5) is 78.3. The standard InChI is InChI=1S/C22H20FNO2.C21H17FN2O.C16H11FO.C15H8ClFO.C15H9FO2.C8H7BrO.C8H5F.C6H12N2O.Cl3OP.Cl2OS/c23-20-7-3-4-17(14-20)9-8-16-10-12-18(13-11-16)21(25)15-24-22(26)19-5-1-2-6-19;22-19-7-3-4-16(14-19)9-8-15-10-12-18(13-11-15)21-24-23-20(25-21)17-5-1-2-6-17;1-12(18)15-9-7-13(8-10-15)5-6-14-3-2-4-16(17)11-14;16-15(18)13-8-6-11(7-9-13)4-5-12-2-1-3-14(17)10-12;16-14-3-1-2-12(10-14)5-4-11-6-8-13(9-7-11)15(17)18;1-6(10)7-2-4-8(9)5-3-7;1-2-7-4-3-5-8(9)6-7;7-8-6(9)5-3-1-2-4-5;1-5(2,3)4;1-4(2)3/h3-4,7,10-14,19H,1-2,5-6,15H2,(H,24,26);3-4,7,10-14,17H,1-2,5-6H2;2-4,7-11H,1H3;1-3,6-10H;1-3,6-10H,(H,17,18);2-5H,1H3;1,3-6H;5H,1-4,7H2,(H,8,9);;. The van der Waals surface area contributed by atoms with E-state index in [-0.39, 0.29) is 88.0 Å². The molecule has 31 heteroatoms. The molecule has 3 fully saturated rings. The summed E-state index contributed by atoms with van der Waals surface area (Å²) in [6, 6.07) is 78.2. The van der Waals surface area contributed by atoms with E-state index < -0.39 is 25.6 Å². The number of nitrogens with zero attached hydrogens (tertiary/aromatic N) is 2. The minimum absolute atomic E-state index is 0.00694. The van der Waals surface area contributed by atoms with Gasteiger partial charge in [0.25, 0.3) is 5.24 Å². The molecule has 0 aliphatic heterocycles. The zero-order valence-electron chi connectivity index (χ0n) is 76.0. The number of carboxylic acid groups (broad SMARTS) is 1. The molecule has 142 heavy (non-hydrogen) atoms. The smallest absolute Gasteiger partial charge is 0.339 e. The number of carbonyl (C=O) groups is 7. The first kappa shape index (κ1) is 115. The van der Waals surface area contributed by atoms with Gasteiger partial charge in [0.15, 0.2) is 17.3 Å². The Labute approximate surface area is 859 Å². The van der Waals surface area contributed by atoms with Crippen molar-refractivity contribution in [1.29, 1.82) is 0 Å². The van der Waals surface area contributed by atoms with Crippen LogP contribution in [0.5, 0.6) is 0 Å². The van der Waals surface area contributed by atoms with Crippen molar-refractivity contribution >= 4 is 137 Å². The number of amides is 2. The number of nitrogens with one attached hydrogen (secondary N) is 2. The minimum Gasteiger partial charge on any atom is -0.478 e. The van der Waals surface area contributed by atoms with Crippen LogP contribution < -0.4 is 16.6 Å². The number of benzene rings is 12. The third-order valence-corrected chi connectivity index (χ3v) is 20.9. The minimum atomic E-state index is -3.22. The molecule has 726 valence electrons. The lowest BCUT2D eigenvalue weighted by atomic mass is 10.1. The predicted octanol–water partition coefficient (Wildman–Crippen LogP) is 27.1. The van der Waals surface area contributed by atoms with Crippen molar-refractivity contribution in [1.82, 2.24) is 20.9 Å². The molecule has 16 rings (SSSR count). The molecule has 0 radical (unpaired) electrons. The molecule has 3 aliphatic rings. The number of carboxylic acids is 1. The Balaban J connectivity index is 0.000000222. The highest BCUT2D eigenvalue weighted by atomic mass is 79.9. The van der Waals surface area contributed by atoms with Crippen LogP contribution in [-0.2, 0) is 23.4 Å². The molecular weight excluding hydrogens is 2050 g/mol. The normalized spacial score (nSPS) is 11.7. The number of Topliss-reactive ketones (excluding diaryl/α,β-unsaturated/α-hetero) is 3. The van der Waals surface area contributed by atoms with E-state index in [1.165, 1.54) is 118 Å². The first-order chi connectivity index (χ1) is 67.9. The van der Waals surface area contributed by atoms with E-state index in [2.05, 4.69) is 157 Å². The summed E-state index contributed by atoms with van der Waals surface area (Å²) < 4.78 is 103. The van der Waals surface area contributed by atoms with Gasteiger partial charge in [-0.25, -0.2) is 41.2 Å². The highest BCUT2D eigenvalue weighted by Crippen LogP contribution is 2.61.